The minimum atomic E-state index is -0.304. The van der Waals surface area contributed by atoms with Crippen LogP contribution in [0.25, 0.3) is 0 Å². The van der Waals surface area contributed by atoms with Gasteiger partial charge in [0.05, 0.1) is 10.7 Å². The molecule has 166 valence electrons. The van der Waals surface area contributed by atoms with Gasteiger partial charge < -0.3 is 16.4 Å². The number of hydrogen-bond acceptors (Lipinski definition) is 4. The minimum absolute atomic E-state index is 0.0908. The monoisotopic (exact) mass is 444 g/mol. The Kier molecular flexibility index (Phi) is 9.21. The summed E-state index contributed by atoms with van der Waals surface area (Å²) in [5.41, 5.74) is 15.2. The van der Waals surface area contributed by atoms with Gasteiger partial charge in [-0.15, -0.1) is 0 Å². The van der Waals surface area contributed by atoms with Crippen molar-refractivity contribution < 1.29 is 9.18 Å². The van der Waals surface area contributed by atoms with E-state index in [2.05, 4.69) is 4.99 Å². The largest absolute Gasteiger partial charge is 0.403 e. The molecule has 1 atom stereocenters. The first-order chi connectivity index (χ1) is 14.9. The second-order valence-corrected chi connectivity index (χ2v) is 7.59. The van der Waals surface area contributed by atoms with E-state index in [0.717, 1.165) is 23.1 Å². The standard InChI is InChI=1S/C24H30ClFN4O/c1-4-7-17(23(29-3)22(25)14-28)12-18-15-30(24(31)21(18)5-2)20(13-27)11-16-8-6-9-19(26)10-16/h5-10,12,14,20H,4,11,13,15,27-28H2,1-3H3/b17-7-,18-12-,21-5+,22-14+,29-23?. The SMILES string of the molecule is C/C=C1/C(=O)N(C(CN)Cc2cccc(F)c2)C/C1=C/C(=C/CC)C(=NC)/C(Cl)=C\N. The van der Waals surface area contributed by atoms with Crippen molar-refractivity contribution in [3.05, 3.63) is 81.8 Å². The summed E-state index contributed by atoms with van der Waals surface area (Å²) in [6.07, 6.45) is 8.27. The Hall–Kier alpha value is -2.70. The second-order valence-electron chi connectivity index (χ2n) is 7.18. The van der Waals surface area contributed by atoms with E-state index in [1.54, 1.807) is 24.1 Å². The van der Waals surface area contributed by atoms with Crippen LogP contribution in [0.2, 0.25) is 0 Å². The molecule has 0 bridgehead atoms. The van der Waals surface area contributed by atoms with Gasteiger partial charge in [0.1, 0.15) is 5.82 Å². The fourth-order valence-corrected chi connectivity index (χ4v) is 3.89. The third kappa shape index (κ3) is 5.93. The number of aliphatic imine (C=N–C) groups is 1. The highest BCUT2D eigenvalue weighted by atomic mass is 35.5. The van der Waals surface area contributed by atoms with E-state index >= 15 is 0 Å². The zero-order chi connectivity index (χ0) is 23.0. The van der Waals surface area contributed by atoms with E-state index in [1.807, 2.05) is 32.1 Å². The minimum Gasteiger partial charge on any atom is -0.403 e. The van der Waals surface area contributed by atoms with Crippen LogP contribution < -0.4 is 11.5 Å². The van der Waals surface area contributed by atoms with Crippen molar-refractivity contribution in [3.63, 3.8) is 0 Å². The molecular weight excluding hydrogens is 415 g/mol. The molecule has 1 aromatic rings. The predicted octanol–water partition coefficient (Wildman–Crippen LogP) is 3.86. The molecule has 1 unspecified atom stereocenters. The first kappa shape index (κ1) is 24.6. The van der Waals surface area contributed by atoms with E-state index in [4.69, 9.17) is 23.1 Å². The van der Waals surface area contributed by atoms with E-state index in [1.165, 1.54) is 18.3 Å². The van der Waals surface area contributed by atoms with Crippen LogP contribution in [0.5, 0.6) is 0 Å². The predicted molar refractivity (Wildman–Crippen MR) is 126 cm³/mol. The highest BCUT2D eigenvalue weighted by Gasteiger charge is 2.34. The molecule has 31 heavy (non-hydrogen) atoms. The molecule has 1 aromatic carbocycles. The lowest BCUT2D eigenvalue weighted by atomic mass is 10.0. The van der Waals surface area contributed by atoms with Crippen LogP contribution in [0.15, 0.2) is 75.4 Å². The summed E-state index contributed by atoms with van der Waals surface area (Å²) >= 11 is 6.25. The lowest BCUT2D eigenvalue weighted by Gasteiger charge is -2.26. The molecule has 0 spiro atoms. The third-order valence-electron chi connectivity index (χ3n) is 5.16. The molecule has 2 rings (SSSR count). The fourth-order valence-electron chi connectivity index (χ4n) is 3.70. The summed E-state index contributed by atoms with van der Waals surface area (Å²) in [5.74, 6) is -0.395. The number of carbonyl (C=O) groups is 1. The van der Waals surface area contributed by atoms with Crippen LogP contribution in [0, 0.1) is 5.82 Å². The normalized spacial score (nSPS) is 19.6. The maximum Gasteiger partial charge on any atom is 0.254 e. The average molecular weight is 445 g/mol. The van der Waals surface area contributed by atoms with E-state index < -0.39 is 0 Å². The van der Waals surface area contributed by atoms with Crippen molar-refractivity contribution >= 4 is 23.2 Å². The zero-order valence-electron chi connectivity index (χ0n) is 18.2. The Morgan fingerprint density at radius 1 is 1.42 bits per heavy atom. The number of allylic oxidation sites excluding steroid dienone is 5. The van der Waals surface area contributed by atoms with Crippen LogP contribution >= 0.6 is 11.6 Å². The molecule has 4 N–H and O–H groups in total. The number of nitrogens with two attached hydrogens (primary N) is 2. The second kappa shape index (κ2) is 11.6. The first-order valence-corrected chi connectivity index (χ1v) is 10.7. The van der Waals surface area contributed by atoms with Crippen LogP contribution in [-0.2, 0) is 11.2 Å². The topological polar surface area (TPSA) is 84.7 Å². The highest BCUT2D eigenvalue weighted by molar-refractivity contribution is 6.46. The number of nitrogens with zero attached hydrogens (tertiary/aromatic N) is 2. The van der Waals surface area contributed by atoms with Crippen molar-refractivity contribution in [2.24, 2.45) is 16.5 Å². The molecule has 0 saturated carbocycles. The first-order valence-electron chi connectivity index (χ1n) is 10.3. The van der Waals surface area contributed by atoms with Gasteiger partial charge in [0.15, 0.2) is 0 Å². The smallest absolute Gasteiger partial charge is 0.254 e. The fraction of sp³-hybridized carbons (Fsp3) is 0.333. The van der Waals surface area contributed by atoms with Crippen molar-refractivity contribution in [1.29, 1.82) is 0 Å². The Bertz CT molecular complexity index is 962. The number of benzene rings is 1. The van der Waals surface area contributed by atoms with Gasteiger partial charge in [0.25, 0.3) is 5.91 Å². The van der Waals surface area contributed by atoms with E-state index in [9.17, 15) is 9.18 Å². The summed E-state index contributed by atoms with van der Waals surface area (Å²) in [6, 6.07) is 6.13. The molecule has 7 heteroatoms. The Morgan fingerprint density at radius 2 is 2.16 bits per heavy atom. The Labute approximate surface area is 188 Å². The summed E-state index contributed by atoms with van der Waals surface area (Å²) < 4.78 is 13.6. The molecule has 1 aliphatic rings. The lowest BCUT2D eigenvalue weighted by molar-refractivity contribution is -0.126. The highest BCUT2D eigenvalue weighted by Crippen LogP contribution is 2.29. The maximum atomic E-state index is 13.6. The molecule has 1 heterocycles. The van der Waals surface area contributed by atoms with Gasteiger partial charge in [-0.05, 0) is 54.7 Å². The van der Waals surface area contributed by atoms with Crippen LogP contribution in [0.4, 0.5) is 4.39 Å². The molecule has 0 aliphatic carbocycles. The number of carbonyl (C=O) groups excluding carboxylic acids is 1. The van der Waals surface area contributed by atoms with Crippen molar-refractivity contribution in [2.45, 2.75) is 32.7 Å². The molecular formula is C24H30ClFN4O. The van der Waals surface area contributed by atoms with Crippen LogP contribution in [0.3, 0.4) is 0 Å². The third-order valence-corrected chi connectivity index (χ3v) is 5.47. The molecule has 0 radical (unpaired) electrons. The van der Waals surface area contributed by atoms with Gasteiger partial charge in [0, 0.05) is 38.0 Å². The quantitative estimate of drug-likeness (QED) is 0.471. The molecule has 1 amide bonds. The molecule has 1 fully saturated rings. The van der Waals surface area contributed by atoms with Crippen molar-refractivity contribution in [1.82, 2.24) is 4.90 Å². The van der Waals surface area contributed by atoms with E-state index in [-0.39, 0.29) is 24.3 Å². The summed E-state index contributed by atoms with van der Waals surface area (Å²) in [4.78, 5) is 19.2. The maximum absolute atomic E-state index is 13.6. The van der Waals surface area contributed by atoms with Gasteiger partial charge in [-0.1, -0.05) is 42.8 Å². The van der Waals surface area contributed by atoms with Gasteiger partial charge >= 0.3 is 0 Å². The number of likely N-dealkylation sites (tertiary alicyclic amines) is 1. The molecule has 1 aliphatic heterocycles. The summed E-state index contributed by atoms with van der Waals surface area (Å²) in [7, 11) is 1.65. The van der Waals surface area contributed by atoms with Crippen molar-refractivity contribution in [3.8, 4) is 0 Å². The number of amides is 1. The summed E-state index contributed by atoms with van der Waals surface area (Å²) in [6.45, 7) is 4.52. The summed E-state index contributed by atoms with van der Waals surface area (Å²) in [5, 5.41) is 0.341. The van der Waals surface area contributed by atoms with Crippen LogP contribution in [-0.4, -0.2) is 42.7 Å². The zero-order valence-corrected chi connectivity index (χ0v) is 19.0. The molecule has 5 nitrogen and oxygen atoms in total. The molecule has 0 aromatic heterocycles. The van der Waals surface area contributed by atoms with E-state index in [0.29, 0.717) is 29.3 Å². The lowest BCUT2D eigenvalue weighted by Crippen LogP contribution is -2.43. The van der Waals surface area contributed by atoms with Gasteiger partial charge in [0.2, 0.25) is 0 Å². The Balaban J connectivity index is 2.39. The number of halogens is 2. The van der Waals surface area contributed by atoms with Crippen molar-refractivity contribution in [2.75, 3.05) is 20.1 Å². The molecule has 1 saturated heterocycles. The number of rotatable bonds is 8. The Morgan fingerprint density at radius 3 is 2.71 bits per heavy atom. The average Bonchev–Trinajstić information content (AvgIpc) is 3.07. The number of hydrogen-bond donors (Lipinski definition) is 2. The van der Waals surface area contributed by atoms with Gasteiger partial charge in [-0.3, -0.25) is 9.79 Å². The van der Waals surface area contributed by atoms with Crippen LogP contribution in [0.1, 0.15) is 25.8 Å². The van der Waals surface area contributed by atoms with Gasteiger partial charge in [-0.2, -0.15) is 0 Å². The van der Waals surface area contributed by atoms with Gasteiger partial charge in [-0.25, -0.2) is 4.39 Å².